The number of hydrogen-bond donors (Lipinski definition) is 2. The van der Waals surface area contributed by atoms with Crippen molar-refractivity contribution in [2.24, 2.45) is 4.99 Å². The largest absolute Gasteiger partial charge is 0.439 e. The lowest BCUT2D eigenvalue weighted by Crippen LogP contribution is -2.51. The van der Waals surface area contributed by atoms with E-state index in [0.29, 0.717) is 11.5 Å². The molecule has 1 aromatic carbocycles. The van der Waals surface area contributed by atoms with Crippen molar-refractivity contribution >= 4 is 23.3 Å². The summed E-state index contributed by atoms with van der Waals surface area (Å²) in [5.41, 5.74) is -0.925. The molecule has 28 heavy (non-hydrogen) atoms. The van der Waals surface area contributed by atoms with Gasteiger partial charge >= 0.3 is 12.0 Å². The number of carbonyl (C=O) groups is 1. The topological polar surface area (TPSA) is 98.0 Å². The van der Waals surface area contributed by atoms with Gasteiger partial charge in [0, 0.05) is 21.8 Å². The second-order valence-corrected chi connectivity index (χ2v) is 6.09. The standard InChI is InChI=1S/C16H14F4N4O4/c1-15(8-26-7-13(22-15)23-16(18,19)14(25)28-20)10-6-9(2-3-11(10)17)21-12-4-5-27-24-12/h2-6H,7-8H2,1H3,(H,21,24)(H,22,23)/t15-/m0/s1. The average Bonchev–Trinajstić information content (AvgIpc) is 3.15. The van der Waals surface area contributed by atoms with Crippen LogP contribution in [0.5, 0.6) is 0 Å². The Morgan fingerprint density at radius 2 is 2.14 bits per heavy atom. The van der Waals surface area contributed by atoms with Crippen LogP contribution >= 0.6 is 0 Å². The van der Waals surface area contributed by atoms with Crippen LogP contribution in [0, 0.1) is 5.82 Å². The molecular weight excluding hydrogens is 388 g/mol. The number of anilines is 2. The fourth-order valence-electron chi connectivity index (χ4n) is 2.63. The molecule has 0 spiro atoms. The zero-order chi connectivity index (χ0) is 20.4. The van der Waals surface area contributed by atoms with Gasteiger partial charge in [0.05, 0.1) is 6.61 Å². The van der Waals surface area contributed by atoms with Gasteiger partial charge < -0.3 is 19.9 Å². The maximum Gasteiger partial charge on any atom is 0.439 e. The van der Waals surface area contributed by atoms with Gasteiger partial charge in [0.1, 0.15) is 30.1 Å². The van der Waals surface area contributed by atoms with Gasteiger partial charge in [-0.15, -0.1) is 0 Å². The molecule has 0 unspecified atom stereocenters. The minimum Gasteiger partial charge on any atom is -0.371 e. The maximum atomic E-state index is 14.4. The van der Waals surface area contributed by atoms with Crippen molar-refractivity contribution in [3.63, 3.8) is 0 Å². The van der Waals surface area contributed by atoms with Crippen LogP contribution in [0.1, 0.15) is 12.5 Å². The van der Waals surface area contributed by atoms with E-state index in [-0.39, 0.29) is 12.2 Å². The van der Waals surface area contributed by atoms with E-state index >= 15 is 0 Å². The SMILES string of the molecule is C[C@@]1(c2cc(Nc3ccon3)ccc2F)COCC(NC(F)(F)C(=O)OF)=N1. The van der Waals surface area contributed by atoms with E-state index in [0.717, 1.165) is 6.07 Å². The molecule has 0 amide bonds. The van der Waals surface area contributed by atoms with Crippen LogP contribution < -0.4 is 10.6 Å². The van der Waals surface area contributed by atoms with Crippen molar-refractivity contribution in [1.29, 1.82) is 0 Å². The number of halogens is 4. The van der Waals surface area contributed by atoms with Crippen LogP contribution in [-0.4, -0.2) is 36.2 Å². The number of nitrogens with zero attached hydrogens (tertiary/aromatic N) is 2. The van der Waals surface area contributed by atoms with Crippen LogP contribution in [0.4, 0.5) is 29.2 Å². The highest BCUT2D eigenvalue weighted by atomic mass is 19.3. The first-order chi connectivity index (χ1) is 13.2. The van der Waals surface area contributed by atoms with Crippen LogP contribution in [0.25, 0.3) is 0 Å². The van der Waals surface area contributed by atoms with E-state index in [4.69, 9.17) is 9.26 Å². The number of hydrogen-bond acceptors (Lipinski definition) is 8. The zero-order valence-electron chi connectivity index (χ0n) is 14.3. The zero-order valence-corrected chi connectivity index (χ0v) is 14.3. The monoisotopic (exact) mass is 402 g/mol. The Kier molecular flexibility index (Phi) is 5.23. The average molecular weight is 402 g/mol. The van der Waals surface area contributed by atoms with E-state index in [1.807, 2.05) is 0 Å². The molecule has 0 saturated carbocycles. The molecule has 150 valence electrons. The molecule has 8 nitrogen and oxygen atoms in total. The van der Waals surface area contributed by atoms with Crippen molar-refractivity contribution in [2.45, 2.75) is 18.5 Å². The lowest BCUT2D eigenvalue weighted by molar-refractivity contribution is -0.213. The molecular formula is C16H14F4N4O4. The van der Waals surface area contributed by atoms with Gasteiger partial charge in [-0.05, 0) is 25.1 Å². The summed E-state index contributed by atoms with van der Waals surface area (Å²) in [5.74, 6) is -3.19. The summed E-state index contributed by atoms with van der Waals surface area (Å²) in [7, 11) is 0. The second-order valence-electron chi connectivity index (χ2n) is 6.09. The van der Waals surface area contributed by atoms with Crippen LogP contribution in [0.15, 0.2) is 40.0 Å². The van der Waals surface area contributed by atoms with Crippen molar-refractivity contribution < 1.29 is 36.7 Å². The summed E-state index contributed by atoms with van der Waals surface area (Å²) < 4.78 is 63.3. The molecule has 0 bridgehead atoms. The number of benzene rings is 1. The number of aromatic nitrogens is 1. The molecule has 1 aliphatic rings. The van der Waals surface area contributed by atoms with Gasteiger partial charge in [-0.2, -0.15) is 8.78 Å². The number of rotatable bonds is 5. The summed E-state index contributed by atoms with van der Waals surface area (Å²) in [5, 5.41) is 8.01. The minimum atomic E-state index is -4.37. The molecule has 1 aliphatic heterocycles. The van der Waals surface area contributed by atoms with E-state index < -0.39 is 35.8 Å². The molecule has 2 N–H and O–H groups in total. The van der Waals surface area contributed by atoms with E-state index in [1.54, 1.807) is 6.07 Å². The lowest BCUT2D eigenvalue weighted by atomic mass is 9.91. The van der Waals surface area contributed by atoms with Gasteiger partial charge in [-0.3, -0.25) is 4.99 Å². The summed E-state index contributed by atoms with van der Waals surface area (Å²) >= 11 is 0. The van der Waals surface area contributed by atoms with Gasteiger partial charge in [0.2, 0.25) is 0 Å². The highest BCUT2D eigenvalue weighted by Crippen LogP contribution is 2.33. The highest BCUT2D eigenvalue weighted by molar-refractivity contribution is 5.90. The quantitative estimate of drug-likeness (QED) is 0.586. The molecule has 3 rings (SSSR count). The second kappa shape index (κ2) is 7.46. The first-order valence-electron chi connectivity index (χ1n) is 7.86. The Balaban J connectivity index is 1.89. The third-order valence-corrected chi connectivity index (χ3v) is 3.89. The summed E-state index contributed by atoms with van der Waals surface area (Å²) in [6.45, 7) is 0.919. The van der Waals surface area contributed by atoms with Gasteiger partial charge in [0.15, 0.2) is 5.82 Å². The smallest absolute Gasteiger partial charge is 0.371 e. The number of ether oxygens (including phenoxy) is 1. The van der Waals surface area contributed by atoms with Crippen LogP contribution in [0.2, 0.25) is 0 Å². The number of amidine groups is 1. The van der Waals surface area contributed by atoms with Gasteiger partial charge in [0.25, 0.3) is 0 Å². The first kappa shape index (κ1) is 19.6. The number of aliphatic imine (C=N–C) groups is 1. The third-order valence-electron chi connectivity index (χ3n) is 3.89. The molecule has 1 atom stereocenters. The minimum absolute atomic E-state index is 0.0383. The van der Waals surface area contributed by atoms with Crippen molar-refractivity contribution in [3.8, 4) is 0 Å². The molecule has 2 heterocycles. The van der Waals surface area contributed by atoms with E-state index in [1.165, 1.54) is 30.6 Å². The summed E-state index contributed by atoms with van der Waals surface area (Å²) in [6, 6.07) is 1.18. The number of carbonyl (C=O) groups excluding carboxylic acids is 1. The third kappa shape index (κ3) is 4.06. The highest BCUT2D eigenvalue weighted by Gasteiger charge is 2.44. The predicted molar refractivity (Wildman–Crippen MR) is 87.1 cm³/mol. The fraction of sp³-hybridized carbons (Fsp3) is 0.312. The normalized spacial score (nSPS) is 19.7. The van der Waals surface area contributed by atoms with Gasteiger partial charge in [-0.25, -0.2) is 14.1 Å². The summed E-state index contributed by atoms with van der Waals surface area (Å²) in [6.07, 6.45) is 1.34. The number of alkyl halides is 2. The Hall–Kier alpha value is -3.15. The molecule has 0 saturated heterocycles. The molecule has 0 radical (unpaired) electrons. The van der Waals surface area contributed by atoms with E-state index in [2.05, 4.69) is 20.4 Å². The molecule has 1 aromatic heterocycles. The summed E-state index contributed by atoms with van der Waals surface area (Å²) in [4.78, 5) is 17.4. The predicted octanol–water partition coefficient (Wildman–Crippen LogP) is 2.81. The molecule has 12 heteroatoms. The fourth-order valence-corrected chi connectivity index (χ4v) is 2.63. The Morgan fingerprint density at radius 1 is 1.36 bits per heavy atom. The van der Waals surface area contributed by atoms with Crippen molar-refractivity contribution in [1.82, 2.24) is 10.5 Å². The van der Waals surface area contributed by atoms with Crippen molar-refractivity contribution in [2.75, 3.05) is 18.5 Å². The Labute approximate surface area is 155 Å². The van der Waals surface area contributed by atoms with Gasteiger partial charge in [-0.1, -0.05) is 5.16 Å². The molecule has 0 aliphatic carbocycles. The Bertz CT molecular complexity index is 891. The molecule has 0 fully saturated rings. The van der Waals surface area contributed by atoms with Crippen molar-refractivity contribution in [3.05, 3.63) is 41.9 Å². The van der Waals surface area contributed by atoms with Crippen LogP contribution in [0.3, 0.4) is 0 Å². The first-order valence-corrected chi connectivity index (χ1v) is 7.86. The Morgan fingerprint density at radius 3 is 2.82 bits per heavy atom. The lowest BCUT2D eigenvalue weighted by Gasteiger charge is -2.32. The maximum absolute atomic E-state index is 14.4. The van der Waals surface area contributed by atoms with Crippen LogP contribution in [-0.2, 0) is 20.0 Å². The number of nitrogens with one attached hydrogen (secondary N) is 2. The molecule has 2 aromatic rings. The van der Waals surface area contributed by atoms with E-state index in [9.17, 15) is 22.5 Å².